The molecule has 0 amide bonds. The molecule has 0 bridgehead atoms. The average Bonchev–Trinajstić information content (AvgIpc) is 2.46. The molecule has 19 heavy (non-hydrogen) atoms. The molecule has 3 heteroatoms. The molecule has 0 aromatic heterocycles. The first-order chi connectivity index (χ1) is 9.15. The summed E-state index contributed by atoms with van der Waals surface area (Å²) in [6, 6.07) is 12.5. The van der Waals surface area contributed by atoms with Gasteiger partial charge in [0.05, 0.1) is 7.11 Å². The number of hydrogen-bond acceptors (Lipinski definition) is 3. The zero-order valence-electron chi connectivity index (χ0n) is 10.8. The van der Waals surface area contributed by atoms with Gasteiger partial charge in [0.1, 0.15) is 5.75 Å². The lowest BCUT2D eigenvalue weighted by Gasteiger charge is -2.08. The van der Waals surface area contributed by atoms with Gasteiger partial charge in [-0.2, -0.15) is 0 Å². The second kappa shape index (κ2) is 5.48. The molecule has 0 aliphatic rings. The standard InChI is InChI=1S/C16H14O3/c1-11(18)12-3-5-13(6-4-12)16-9-15(19-2)8-7-14(16)10-17/h3-10H,1-2H3. The molecule has 2 aromatic carbocycles. The minimum Gasteiger partial charge on any atom is -0.497 e. The molecule has 0 unspecified atom stereocenters. The minimum absolute atomic E-state index is 0.0211. The molecule has 0 aliphatic heterocycles. The zero-order valence-corrected chi connectivity index (χ0v) is 10.8. The molecular formula is C16H14O3. The van der Waals surface area contributed by atoms with Crippen LogP contribution in [0.3, 0.4) is 0 Å². The van der Waals surface area contributed by atoms with Crippen LogP contribution in [0.5, 0.6) is 5.75 Å². The van der Waals surface area contributed by atoms with Crippen LogP contribution >= 0.6 is 0 Å². The number of methoxy groups -OCH3 is 1. The molecule has 0 saturated heterocycles. The Morgan fingerprint density at radius 2 is 1.79 bits per heavy atom. The number of ketones is 1. The van der Waals surface area contributed by atoms with Crippen LogP contribution in [0.2, 0.25) is 0 Å². The van der Waals surface area contributed by atoms with Crippen LogP contribution in [-0.2, 0) is 0 Å². The summed E-state index contributed by atoms with van der Waals surface area (Å²) in [7, 11) is 1.58. The SMILES string of the molecule is COc1ccc(C=O)c(-c2ccc(C(C)=O)cc2)c1. The molecule has 0 spiro atoms. The minimum atomic E-state index is 0.0211. The van der Waals surface area contributed by atoms with Crippen LogP contribution in [0.15, 0.2) is 42.5 Å². The molecule has 2 aromatic rings. The maximum atomic E-state index is 11.2. The second-order valence-corrected chi connectivity index (χ2v) is 4.20. The molecule has 0 N–H and O–H groups in total. The van der Waals surface area contributed by atoms with Crippen molar-refractivity contribution in [2.24, 2.45) is 0 Å². The van der Waals surface area contributed by atoms with E-state index in [9.17, 15) is 9.59 Å². The van der Waals surface area contributed by atoms with Crippen LogP contribution < -0.4 is 4.74 Å². The smallest absolute Gasteiger partial charge is 0.159 e. The number of Topliss-reactive ketones (excluding diaryl/α,β-unsaturated/α-hetero) is 1. The molecule has 2 rings (SSSR count). The van der Waals surface area contributed by atoms with E-state index in [1.807, 2.05) is 18.2 Å². The van der Waals surface area contributed by atoms with Crippen molar-refractivity contribution >= 4 is 12.1 Å². The van der Waals surface area contributed by atoms with Gasteiger partial charge in [0.15, 0.2) is 12.1 Å². The molecule has 0 radical (unpaired) electrons. The predicted octanol–water partition coefficient (Wildman–Crippen LogP) is 3.38. The lowest BCUT2D eigenvalue weighted by molar-refractivity contribution is 0.101. The van der Waals surface area contributed by atoms with Crippen LogP contribution in [0.1, 0.15) is 27.6 Å². The van der Waals surface area contributed by atoms with Gasteiger partial charge in [-0.3, -0.25) is 9.59 Å². The summed E-state index contributed by atoms with van der Waals surface area (Å²) in [5.74, 6) is 0.712. The summed E-state index contributed by atoms with van der Waals surface area (Å²) in [4.78, 5) is 22.3. The molecule has 0 saturated carbocycles. The first-order valence-electron chi connectivity index (χ1n) is 5.90. The van der Waals surface area contributed by atoms with Gasteiger partial charge in [0.25, 0.3) is 0 Å². The van der Waals surface area contributed by atoms with Crippen molar-refractivity contribution in [2.45, 2.75) is 6.92 Å². The van der Waals surface area contributed by atoms with Gasteiger partial charge in [0, 0.05) is 11.1 Å². The summed E-state index contributed by atoms with van der Waals surface area (Å²) >= 11 is 0. The van der Waals surface area contributed by atoms with Gasteiger partial charge in [-0.25, -0.2) is 0 Å². The average molecular weight is 254 g/mol. The Labute approximate surface area is 111 Å². The van der Waals surface area contributed by atoms with Crippen molar-refractivity contribution in [3.05, 3.63) is 53.6 Å². The molecule has 0 heterocycles. The van der Waals surface area contributed by atoms with Crippen LogP contribution in [0, 0.1) is 0 Å². The van der Waals surface area contributed by atoms with Crippen LogP contribution in [-0.4, -0.2) is 19.2 Å². The van der Waals surface area contributed by atoms with Gasteiger partial charge in [-0.15, -0.1) is 0 Å². The van der Waals surface area contributed by atoms with Crippen LogP contribution in [0.25, 0.3) is 11.1 Å². The van der Waals surface area contributed by atoms with Gasteiger partial charge in [0.2, 0.25) is 0 Å². The summed E-state index contributed by atoms with van der Waals surface area (Å²) in [6.45, 7) is 1.53. The van der Waals surface area contributed by atoms with E-state index in [1.165, 1.54) is 6.92 Å². The zero-order chi connectivity index (χ0) is 13.8. The van der Waals surface area contributed by atoms with Crippen molar-refractivity contribution in [1.29, 1.82) is 0 Å². The van der Waals surface area contributed by atoms with Gasteiger partial charge < -0.3 is 4.74 Å². The highest BCUT2D eigenvalue weighted by atomic mass is 16.5. The molecule has 3 nitrogen and oxygen atoms in total. The fraction of sp³-hybridized carbons (Fsp3) is 0.125. The Kier molecular flexibility index (Phi) is 3.76. The fourth-order valence-corrected chi connectivity index (χ4v) is 1.90. The maximum absolute atomic E-state index is 11.2. The highest BCUT2D eigenvalue weighted by molar-refractivity contribution is 5.95. The number of carbonyl (C=O) groups is 2. The number of carbonyl (C=O) groups excluding carboxylic acids is 2. The van der Waals surface area contributed by atoms with Crippen molar-refractivity contribution in [1.82, 2.24) is 0 Å². The van der Waals surface area contributed by atoms with E-state index in [1.54, 1.807) is 31.4 Å². The number of hydrogen-bond donors (Lipinski definition) is 0. The highest BCUT2D eigenvalue weighted by Crippen LogP contribution is 2.27. The van der Waals surface area contributed by atoms with E-state index in [0.717, 1.165) is 17.4 Å². The second-order valence-electron chi connectivity index (χ2n) is 4.20. The quantitative estimate of drug-likeness (QED) is 0.620. The largest absolute Gasteiger partial charge is 0.497 e. The third-order valence-corrected chi connectivity index (χ3v) is 2.99. The van der Waals surface area contributed by atoms with Crippen molar-refractivity contribution in [3.8, 4) is 16.9 Å². The van der Waals surface area contributed by atoms with Crippen LogP contribution in [0.4, 0.5) is 0 Å². The van der Waals surface area contributed by atoms with E-state index in [2.05, 4.69) is 0 Å². The fourth-order valence-electron chi connectivity index (χ4n) is 1.90. The first-order valence-corrected chi connectivity index (χ1v) is 5.90. The summed E-state index contributed by atoms with van der Waals surface area (Å²) in [6.07, 6.45) is 0.813. The van der Waals surface area contributed by atoms with Crippen molar-refractivity contribution in [2.75, 3.05) is 7.11 Å². The third kappa shape index (κ3) is 2.71. The highest BCUT2D eigenvalue weighted by Gasteiger charge is 2.07. The molecule has 0 aliphatic carbocycles. The molecule has 0 atom stereocenters. The van der Waals surface area contributed by atoms with E-state index in [-0.39, 0.29) is 5.78 Å². The maximum Gasteiger partial charge on any atom is 0.159 e. The Balaban J connectivity index is 2.50. The lowest BCUT2D eigenvalue weighted by atomic mass is 9.98. The Hall–Kier alpha value is -2.42. The van der Waals surface area contributed by atoms with E-state index in [4.69, 9.17) is 4.74 Å². The third-order valence-electron chi connectivity index (χ3n) is 2.99. The number of aldehydes is 1. The van der Waals surface area contributed by atoms with E-state index < -0.39 is 0 Å². The van der Waals surface area contributed by atoms with Gasteiger partial charge >= 0.3 is 0 Å². The summed E-state index contributed by atoms with van der Waals surface area (Å²) in [5.41, 5.74) is 2.92. The Morgan fingerprint density at radius 3 is 2.32 bits per heavy atom. The Bertz CT molecular complexity index is 612. The van der Waals surface area contributed by atoms with E-state index in [0.29, 0.717) is 16.9 Å². The number of ether oxygens (including phenoxy) is 1. The molecular weight excluding hydrogens is 240 g/mol. The predicted molar refractivity (Wildman–Crippen MR) is 73.8 cm³/mol. The van der Waals surface area contributed by atoms with E-state index >= 15 is 0 Å². The number of benzene rings is 2. The first kappa shape index (κ1) is 13.0. The monoisotopic (exact) mass is 254 g/mol. The summed E-state index contributed by atoms with van der Waals surface area (Å²) < 4.78 is 5.17. The summed E-state index contributed by atoms with van der Waals surface area (Å²) in [5, 5.41) is 0. The lowest BCUT2D eigenvalue weighted by Crippen LogP contribution is -1.93. The number of rotatable bonds is 4. The molecule has 0 fully saturated rings. The normalized spacial score (nSPS) is 10.0. The van der Waals surface area contributed by atoms with Crippen molar-refractivity contribution < 1.29 is 14.3 Å². The van der Waals surface area contributed by atoms with Gasteiger partial charge in [-0.05, 0) is 36.2 Å². The molecule has 96 valence electrons. The van der Waals surface area contributed by atoms with Gasteiger partial charge in [-0.1, -0.05) is 24.3 Å². The Morgan fingerprint density at radius 1 is 1.11 bits per heavy atom. The van der Waals surface area contributed by atoms with Crippen molar-refractivity contribution in [3.63, 3.8) is 0 Å². The topological polar surface area (TPSA) is 43.4 Å².